The Morgan fingerprint density at radius 1 is 1.29 bits per heavy atom. The molecule has 0 heterocycles. The van der Waals surface area contributed by atoms with E-state index in [9.17, 15) is 8.42 Å². The first kappa shape index (κ1) is 10.8. The van der Waals surface area contributed by atoms with Gasteiger partial charge in [0.15, 0.2) is 0 Å². The third kappa shape index (κ3) is 2.60. The molecule has 0 unspecified atom stereocenters. The van der Waals surface area contributed by atoms with Crippen molar-refractivity contribution >= 4 is 9.84 Å². The van der Waals surface area contributed by atoms with E-state index in [4.69, 9.17) is 0 Å². The second-order valence-corrected chi connectivity index (χ2v) is 4.71. The van der Waals surface area contributed by atoms with E-state index in [0.717, 1.165) is 0 Å². The quantitative estimate of drug-likeness (QED) is 0.825. The van der Waals surface area contributed by atoms with Crippen LogP contribution in [-0.2, 0) is 9.84 Å². The van der Waals surface area contributed by atoms with E-state index in [1.165, 1.54) is 5.41 Å². The second-order valence-electron chi connectivity index (χ2n) is 2.91. The van der Waals surface area contributed by atoms with Crippen LogP contribution >= 0.6 is 0 Å². The number of hydrogen-bond donors (Lipinski definition) is 1. The summed E-state index contributed by atoms with van der Waals surface area (Å²) in [7, 11) is -1.61. The highest BCUT2D eigenvalue weighted by Crippen LogP contribution is 2.12. The first-order valence-electron chi connectivity index (χ1n) is 4.22. The van der Waals surface area contributed by atoms with Gasteiger partial charge in [0.1, 0.15) is 0 Å². The fraction of sp³-hybridized carbons (Fsp3) is 0.200. The zero-order chi connectivity index (χ0) is 10.6. The summed E-state index contributed by atoms with van der Waals surface area (Å²) >= 11 is 0. The van der Waals surface area contributed by atoms with Gasteiger partial charge < -0.3 is 5.32 Å². The van der Waals surface area contributed by atoms with Crippen molar-refractivity contribution in [3.8, 4) is 0 Å². The van der Waals surface area contributed by atoms with Gasteiger partial charge in [0.2, 0.25) is 9.84 Å². The maximum Gasteiger partial charge on any atom is 0.201 e. The number of hydrogen-bond acceptors (Lipinski definition) is 3. The molecule has 1 rings (SSSR count). The van der Waals surface area contributed by atoms with E-state index in [0.29, 0.717) is 10.6 Å². The Kier molecular flexibility index (Phi) is 3.30. The van der Waals surface area contributed by atoms with E-state index in [1.807, 2.05) is 0 Å². The van der Waals surface area contributed by atoms with E-state index >= 15 is 0 Å². The fourth-order valence-corrected chi connectivity index (χ4v) is 2.23. The maximum atomic E-state index is 11.7. The number of benzene rings is 1. The first-order chi connectivity index (χ1) is 6.56. The summed E-state index contributed by atoms with van der Waals surface area (Å²) in [5.41, 5.74) is 0.619. The lowest BCUT2D eigenvalue weighted by Crippen LogP contribution is -2.05. The van der Waals surface area contributed by atoms with Crippen LogP contribution in [0.15, 0.2) is 46.3 Å². The lowest BCUT2D eigenvalue weighted by atomic mass is 10.4. The van der Waals surface area contributed by atoms with E-state index < -0.39 is 9.84 Å². The van der Waals surface area contributed by atoms with Gasteiger partial charge >= 0.3 is 0 Å². The van der Waals surface area contributed by atoms with Crippen molar-refractivity contribution in [2.24, 2.45) is 0 Å². The number of rotatable bonds is 3. The van der Waals surface area contributed by atoms with Crippen molar-refractivity contribution in [3.05, 3.63) is 41.4 Å². The van der Waals surface area contributed by atoms with Gasteiger partial charge in [0.25, 0.3) is 0 Å². The van der Waals surface area contributed by atoms with Crippen molar-refractivity contribution in [2.45, 2.75) is 11.8 Å². The minimum Gasteiger partial charge on any atom is -0.391 e. The summed E-state index contributed by atoms with van der Waals surface area (Å²) in [5.74, 6) is 0. The molecule has 0 saturated carbocycles. The van der Waals surface area contributed by atoms with E-state index in [1.54, 1.807) is 44.3 Å². The topological polar surface area (TPSA) is 46.2 Å². The highest BCUT2D eigenvalue weighted by Gasteiger charge is 2.09. The van der Waals surface area contributed by atoms with Crippen LogP contribution in [0.3, 0.4) is 0 Å². The summed E-state index contributed by atoms with van der Waals surface area (Å²) in [6, 6.07) is 8.35. The molecule has 4 heteroatoms. The van der Waals surface area contributed by atoms with Gasteiger partial charge in [-0.3, -0.25) is 0 Å². The van der Waals surface area contributed by atoms with Crippen molar-refractivity contribution in [2.75, 3.05) is 7.05 Å². The third-order valence-corrected chi connectivity index (χ3v) is 3.39. The van der Waals surface area contributed by atoms with Crippen LogP contribution in [0.25, 0.3) is 0 Å². The van der Waals surface area contributed by atoms with Gasteiger partial charge in [-0.1, -0.05) is 18.2 Å². The van der Waals surface area contributed by atoms with Crippen LogP contribution in [0.1, 0.15) is 6.92 Å². The van der Waals surface area contributed by atoms with E-state index in [2.05, 4.69) is 5.32 Å². The average molecular weight is 211 g/mol. The number of allylic oxidation sites excluding steroid dienone is 1. The fourth-order valence-electron chi connectivity index (χ4n) is 0.970. The van der Waals surface area contributed by atoms with Crippen molar-refractivity contribution < 1.29 is 8.42 Å². The van der Waals surface area contributed by atoms with Crippen molar-refractivity contribution in [1.82, 2.24) is 5.32 Å². The molecule has 0 saturated heterocycles. The molecule has 0 atom stereocenters. The molecule has 0 amide bonds. The Morgan fingerprint density at radius 3 is 2.36 bits per heavy atom. The van der Waals surface area contributed by atoms with Gasteiger partial charge in [0.05, 0.1) is 10.3 Å². The summed E-state index contributed by atoms with van der Waals surface area (Å²) in [5, 5.41) is 4.00. The molecule has 0 radical (unpaired) electrons. The van der Waals surface area contributed by atoms with Gasteiger partial charge in [-0.15, -0.1) is 0 Å². The van der Waals surface area contributed by atoms with Gasteiger partial charge in [-0.05, 0) is 19.1 Å². The zero-order valence-electron chi connectivity index (χ0n) is 8.19. The molecular formula is C10H13NO2S. The SMILES string of the molecule is CN/C(C)=C/S(=O)(=O)c1ccccc1. The molecule has 1 aromatic rings. The molecule has 3 nitrogen and oxygen atoms in total. The van der Waals surface area contributed by atoms with Gasteiger partial charge in [-0.2, -0.15) is 0 Å². The molecule has 0 fully saturated rings. The minimum atomic E-state index is -3.30. The van der Waals surface area contributed by atoms with Crippen LogP contribution in [0, 0.1) is 0 Å². The Hall–Kier alpha value is -1.29. The second kappa shape index (κ2) is 4.28. The lowest BCUT2D eigenvalue weighted by molar-refractivity contribution is 0.604. The Balaban J connectivity index is 3.11. The smallest absolute Gasteiger partial charge is 0.201 e. The van der Waals surface area contributed by atoms with E-state index in [-0.39, 0.29) is 0 Å². The number of sulfone groups is 1. The highest BCUT2D eigenvalue weighted by atomic mass is 32.2. The molecule has 0 bridgehead atoms. The molecule has 1 N–H and O–H groups in total. The highest BCUT2D eigenvalue weighted by molar-refractivity contribution is 7.94. The van der Waals surface area contributed by atoms with Gasteiger partial charge in [-0.25, -0.2) is 8.42 Å². The van der Waals surface area contributed by atoms with Crippen molar-refractivity contribution in [1.29, 1.82) is 0 Å². The number of nitrogens with one attached hydrogen (secondary N) is 1. The van der Waals surface area contributed by atoms with Crippen molar-refractivity contribution in [3.63, 3.8) is 0 Å². The monoisotopic (exact) mass is 211 g/mol. The lowest BCUT2D eigenvalue weighted by Gasteiger charge is -2.01. The summed E-state index contributed by atoms with van der Waals surface area (Å²) in [6.45, 7) is 1.71. The summed E-state index contributed by atoms with van der Waals surface area (Å²) < 4.78 is 23.4. The predicted molar refractivity (Wildman–Crippen MR) is 56.4 cm³/mol. The molecule has 0 aliphatic rings. The predicted octanol–water partition coefficient (Wildman–Crippen LogP) is 1.54. The summed E-state index contributed by atoms with van der Waals surface area (Å²) in [4.78, 5) is 0.314. The molecule has 1 aromatic carbocycles. The zero-order valence-corrected chi connectivity index (χ0v) is 9.01. The first-order valence-corrected chi connectivity index (χ1v) is 5.77. The Bertz CT molecular complexity index is 421. The average Bonchev–Trinajstić information content (AvgIpc) is 2.18. The van der Waals surface area contributed by atoms with Crippen LogP contribution in [0.5, 0.6) is 0 Å². The standard InChI is InChI=1S/C10H13NO2S/c1-9(11-2)8-14(12,13)10-6-4-3-5-7-10/h3-8,11H,1-2H3/b9-8+. The Morgan fingerprint density at radius 2 is 1.86 bits per heavy atom. The summed E-state index contributed by atoms with van der Waals surface area (Å²) in [6.07, 6.45) is 0. The normalized spacial score (nSPS) is 12.6. The molecule has 0 aromatic heterocycles. The van der Waals surface area contributed by atoms with Crippen LogP contribution in [0.4, 0.5) is 0 Å². The maximum absolute atomic E-state index is 11.7. The molecule has 76 valence electrons. The molecule has 14 heavy (non-hydrogen) atoms. The van der Waals surface area contributed by atoms with Crippen LogP contribution in [0.2, 0.25) is 0 Å². The third-order valence-electron chi connectivity index (χ3n) is 1.80. The van der Waals surface area contributed by atoms with Crippen LogP contribution in [-0.4, -0.2) is 15.5 Å². The largest absolute Gasteiger partial charge is 0.391 e. The minimum absolute atomic E-state index is 0.314. The molecule has 0 aliphatic heterocycles. The van der Waals surface area contributed by atoms with Crippen LogP contribution < -0.4 is 5.32 Å². The Labute approximate surface area is 84.4 Å². The van der Waals surface area contributed by atoms with Gasteiger partial charge in [0, 0.05) is 12.7 Å². The molecule has 0 spiro atoms. The molecule has 0 aliphatic carbocycles. The molecular weight excluding hydrogens is 198 g/mol.